The average Bonchev–Trinajstić information content (AvgIpc) is 3.10. The molecule has 2 atom stereocenters. The highest BCUT2D eigenvalue weighted by Gasteiger charge is 2.26. The van der Waals surface area contributed by atoms with Crippen molar-refractivity contribution in [2.45, 2.75) is 219 Å². The lowest BCUT2D eigenvalue weighted by molar-refractivity contribution is -0.161. The summed E-state index contributed by atoms with van der Waals surface area (Å²) in [6.07, 6.45) is 35.6. The Morgan fingerprint density at radius 1 is 0.520 bits per heavy atom. The standard InChI is InChI=1S/C40H80NO8P/c1-3-5-7-9-11-13-15-17-18-19-20-21-23-24-26-28-30-32-39(42)46-36-38(37-48-50(44,45)47-35-34-41)49-40(43)33-31-29-27-25-22-16-14-12-10-8-6-4-2/h38H,3-37,41H2,1-2H3,(H,44,45). The van der Waals surface area contributed by atoms with Crippen molar-refractivity contribution in [2.24, 2.45) is 5.73 Å². The summed E-state index contributed by atoms with van der Waals surface area (Å²) in [5.41, 5.74) is 5.34. The van der Waals surface area contributed by atoms with Crippen LogP contribution in [-0.2, 0) is 32.7 Å². The van der Waals surface area contributed by atoms with E-state index >= 15 is 0 Å². The molecule has 0 spiro atoms. The predicted octanol–water partition coefficient (Wildman–Crippen LogP) is 11.7. The predicted molar refractivity (Wildman–Crippen MR) is 206 cm³/mol. The minimum absolute atomic E-state index is 0.0579. The van der Waals surface area contributed by atoms with E-state index < -0.39 is 26.5 Å². The molecule has 9 nitrogen and oxygen atoms in total. The Morgan fingerprint density at radius 2 is 0.860 bits per heavy atom. The monoisotopic (exact) mass is 734 g/mol. The largest absolute Gasteiger partial charge is 0.472 e. The third-order valence-corrected chi connectivity index (χ3v) is 10.2. The van der Waals surface area contributed by atoms with Crippen LogP contribution >= 0.6 is 7.82 Å². The lowest BCUT2D eigenvalue weighted by Gasteiger charge is -2.19. The molecular formula is C40H80NO8P. The molecule has 2 unspecified atom stereocenters. The van der Waals surface area contributed by atoms with Crippen LogP contribution in [0, 0.1) is 0 Å². The molecule has 0 saturated heterocycles. The van der Waals surface area contributed by atoms with E-state index in [-0.39, 0.29) is 38.6 Å². The third kappa shape index (κ3) is 36.8. The van der Waals surface area contributed by atoms with Crippen LogP contribution in [0.2, 0.25) is 0 Å². The van der Waals surface area contributed by atoms with Gasteiger partial charge in [-0.15, -0.1) is 0 Å². The zero-order valence-corrected chi connectivity index (χ0v) is 33.6. The lowest BCUT2D eigenvalue weighted by atomic mass is 10.0. The molecule has 10 heteroatoms. The molecule has 0 heterocycles. The van der Waals surface area contributed by atoms with E-state index in [1.54, 1.807) is 0 Å². The average molecular weight is 734 g/mol. The summed E-state index contributed by atoms with van der Waals surface area (Å²) in [6, 6.07) is 0. The van der Waals surface area contributed by atoms with Gasteiger partial charge in [0.1, 0.15) is 6.61 Å². The molecule has 0 radical (unpaired) electrons. The van der Waals surface area contributed by atoms with Crippen molar-refractivity contribution >= 4 is 19.8 Å². The van der Waals surface area contributed by atoms with E-state index in [9.17, 15) is 19.0 Å². The number of rotatable bonds is 40. The van der Waals surface area contributed by atoms with Gasteiger partial charge in [-0.05, 0) is 12.8 Å². The fourth-order valence-corrected chi connectivity index (χ4v) is 6.87. The zero-order chi connectivity index (χ0) is 36.8. The number of phosphoric ester groups is 1. The smallest absolute Gasteiger partial charge is 0.462 e. The van der Waals surface area contributed by atoms with Crippen LogP contribution in [0.5, 0.6) is 0 Å². The van der Waals surface area contributed by atoms with Crippen LogP contribution in [0.25, 0.3) is 0 Å². The zero-order valence-electron chi connectivity index (χ0n) is 32.7. The minimum atomic E-state index is -4.36. The minimum Gasteiger partial charge on any atom is -0.462 e. The molecule has 50 heavy (non-hydrogen) atoms. The highest BCUT2D eigenvalue weighted by atomic mass is 31.2. The second-order valence-electron chi connectivity index (χ2n) is 14.2. The first-order chi connectivity index (χ1) is 24.3. The summed E-state index contributed by atoms with van der Waals surface area (Å²) < 4.78 is 32.7. The fraction of sp³-hybridized carbons (Fsp3) is 0.950. The molecule has 0 aromatic carbocycles. The van der Waals surface area contributed by atoms with Gasteiger partial charge in [0, 0.05) is 19.4 Å². The van der Waals surface area contributed by atoms with Crippen molar-refractivity contribution in [3.05, 3.63) is 0 Å². The molecular weight excluding hydrogens is 653 g/mol. The van der Waals surface area contributed by atoms with E-state index in [4.69, 9.17) is 24.3 Å². The van der Waals surface area contributed by atoms with E-state index in [0.717, 1.165) is 32.1 Å². The number of unbranched alkanes of at least 4 members (excludes halogenated alkanes) is 27. The maximum absolute atomic E-state index is 12.5. The molecule has 298 valence electrons. The van der Waals surface area contributed by atoms with Crippen molar-refractivity contribution in [1.82, 2.24) is 0 Å². The van der Waals surface area contributed by atoms with Gasteiger partial charge in [-0.3, -0.25) is 18.6 Å². The van der Waals surface area contributed by atoms with Crippen LogP contribution in [0.15, 0.2) is 0 Å². The first-order valence-corrected chi connectivity index (χ1v) is 22.5. The van der Waals surface area contributed by atoms with Gasteiger partial charge < -0.3 is 20.1 Å². The molecule has 0 aromatic rings. The fourth-order valence-electron chi connectivity index (χ4n) is 6.11. The van der Waals surface area contributed by atoms with Gasteiger partial charge in [-0.2, -0.15) is 0 Å². The summed E-state index contributed by atoms with van der Waals surface area (Å²) in [6.45, 7) is 3.76. The van der Waals surface area contributed by atoms with E-state index in [2.05, 4.69) is 13.8 Å². The van der Waals surface area contributed by atoms with Gasteiger partial charge in [0.25, 0.3) is 0 Å². The molecule has 0 amide bonds. The Labute approximate surface area is 307 Å². The highest BCUT2D eigenvalue weighted by molar-refractivity contribution is 7.47. The molecule has 0 bridgehead atoms. The normalized spacial score (nSPS) is 13.3. The number of esters is 2. The van der Waals surface area contributed by atoms with Crippen LogP contribution < -0.4 is 5.73 Å². The SMILES string of the molecule is CCCCCCCCCCCCCCCCCCCC(=O)OCC(COP(=O)(O)OCCN)OC(=O)CCCCCCCCCCCCCC. The molecule has 0 aromatic heterocycles. The molecule has 0 aliphatic heterocycles. The summed E-state index contributed by atoms with van der Waals surface area (Å²) in [5.74, 6) is -0.815. The Bertz CT molecular complexity index is 799. The molecule has 0 aliphatic rings. The molecule has 3 N–H and O–H groups in total. The number of phosphoric acid groups is 1. The van der Waals surface area contributed by atoms with E-state index in [0.29, 0.717) is 6.42 Å². The number of hydrogen-bond donors (Lipinski definition) is 2. The molecule has 0 aliphatic carbocycles. The summed E-state index contributed by atoms with van der Waals surface area (Å²) >= 11 is 0. The van der Waals surface area contributed by atoms with Crippen LogP contribution in [0.4, 0.5) is 0 Å². The van der Waals surface area contributed by atoms with Crippen molar-refractivity contribution in [2.75, 3.05) is 26.4 Å². The van der Waals surface area contributed by atoms with Gasteiger partial charge in [-0.1, -0.05) is 187 Å². The third-order valence-electron chi connectivity index (χ3n) is 9.24. The van der Waals surface area contributed by atoms with Gasteiger partial charge in [-0.25, -0.2) is 4.57 Å². The molecule has 0 fully saturated rings. The topological polar surface area (TPSA) is 134 Å². The quantitative estimate of drug-likeness (QED) is 0.0358. The highest BCUT2D eigenvalue weighted by Crippen LogP contribution is 2.43. The van der Waals surface area contributed by atoms with Gasteiger partial charge in [0.15, 0.2) is 6.10 Å². The second kappa shape index (κ2) is 37.8. The number of nitrogens with two attached hydrogens (primary N) is 1. The van der Waals surface area contributed by atoms with Crippen LogP contribution in [0.1, 0.15) is 213 Å². The van der Waals surface area contributed by atoms with Crippen LogP contribution in [0.3, 0.4) is 0 Å². The summed E-state index contributed by atoms with van der Waals surface area (Å²) in [4.78, 5) is 34.8. The Kier molecular flexibility index (Phi) is 37.0. The van der Waals surface area contributed by atoms with Crippen molar-refractivity contribution in [3.8, 4) is 0 Å². The first kappa shape index (κ1) is 49.0. The van der Waals surface area contributed by atoms with Gasteiger partial charge in [0.05, 0.1) is 13.2 Å². The maximum Gasteiger partial charge on any atom is 0.472 e. The molecule has 0 rings (SSSR count). The number of ether oxygens (including phenoxy) is 2. The maximum atomic E-state index is 12.5. The van der Waals surface area contributed by atoms with Crippen molar-refractivity contribution < 1.29 is 37.6 Å². The van der Waals surface area contributed by atoms with Crippen molar-refractivity contribution in [1.29, 1.82) is 0 Å². The molecule has 0 saturated carbocycles. The van der Waals surface area contributed by atoms with E-state index in [1.165, 1.54) is 148 Å². The van der Waals surface area contributed by atoms with Crippen molar-refractivity contribution in [3.63, 3.8) is 0 Å². The Balaban J connectivity index is 4.09. The Hall–Kier alpha value is -0.990. The van der Waals surface area contributed by atoms with E-state index in [1.807, 2.05) is 0 Å². The van der Waals surface area contributed by atoms with Gasteiger partial charge in [0.2, 0.25) is 0 Å². The van der Waals surface area contributed by atoms with Crippen LogP contribution in [-0.4, -0.2) is 49.3 Å². The summed E-state index contributed by atoms with van der Waals surface area (Å²) in [7, 11) is -4.36. The summed E-state index contributed by atoms with van der Waals surface area (Å²) in [5, 5.41) is 0. The Morgan fingerprint density at radius 3 is 1.22 bits per heavy atom. The number of carbonyl (C=O) groups is 2. The number of hydrogen-bond acceptors (Lipinski definition) is 8. The first-order valence-electron chi connectivity index (χ1n) is 21.0. The van der Waals surface area contributed by atoms with Gasteiger partial charge >= 0.3 is 19.8 Å². The number of carbonyl (C=O) groups excluding carboxylic acids is 2. The second-order valence-corrected chi connectivity index (χ2v) is 15.7. The lowest BCUT2D eigenvalue weighted by Crippen LogP contribution is -2.29.